The van der Waals surface area contributed by atoms with E-state index in [1.54, 1.807) is 0 Å². The highest BCUT2D eigenvalue weighted by Gasteiger charge is 2.45. The molecule has 0 saturated heterocycles. The van der Waals surface area contributed by atoms with Crippen LogP contribution >= 0.6 is 0 Å². The summed E-state index contributed by atoms with van der Waals surface area (Å²) in [6, 6.07) is 18.0. The van der Waals surface area contributed by atoms with Crippen molar-refractivity contribution in [2.75, 3.05) is 0 Å². The molecule has 0 radical (unpaired) electrons. The Bertz CT molecular complexity index is 1030. The third-order valence-electron chi connectivity index (χ3n) is 6.45. The molecule has 4 rings (SSSR count). The van der Waals surface area contributed by atoms with E-state index in [9.17, 15) is 9.90 Å². The van der Waals surface area contributed by atoms with Crippen molar-refractivity contribution in [2.45, 2.75) is 57.8 Å². The lowest BCUT2D eigenvalue weighted by Gasteiger charge is -2.38. The van der Waals surface area contributed by atoms with E-state index in [2.05, 4.69) is 19.1 Å². The first kappa shape index (κ1) is 20.3. The van der Waals surface area contributed by atoms with Gasteiger partial charge in [0.25, 0.3) is 0 Å². The van der Waals surface area contributed by atoms with Gasteiger partial charge in [0, 0.05) is 17.1 Å². The van der Waals surface area contributed by atoms with Gasteiger partial charge in [0.05, 0.1) is 11.1 Å². The Morgan fingerprint density at radius 3 is 2.17 bits per heavy atom. The van der Waals surface area contributed by atoms with Gasteiger partial charge < -0.3 is 5.11 Å². The van der Waals surface area contributed by atoms with Crippen molar-refractivity contribution in [1.82, 2.24) is 0 Å². The predicted molar refractivity (Wildman–Crippen MR) is 122 cm³/mol. The van der Waals surface area contributed by atoms with Crippen LogP contribution in [0.15, 0.2) is 75.9 Å². The summed E-state index contributed by atoms with van der Waals surface area (Å²) in [5.41, 5.74) is 6.59. The van der Waals surface area contributed by atoms with E-state index in [-0.39, 0.29) is 0 Å². The molecule has 1 fully saturated rings. The number of rotatable bonds is 6. The average Bonchev–Trinajstić information content (AvgIpc) is 3.17. The monoisotopic (exact) mass is 400 g/mol. The van der Waals surface area contributed by atoms with E-state index in [1.165, 1.54) is 5.57 Å². The summed E-state index contributed by atoms with van der Waals surface area (Å²) in [5, 5.41) is 9.63. The molecule has 2 aliphatic carbocycles. The predicted octanol–water partition coefficient (Wildman–Crippen LogP) is 6.23. The van der Waals surface area contributed by atoms with Crippen molar-refractivity contribution in [3.63, 3.8) is 0 Å². The fraction of sp³-hybridized carbons (Fsp3) is 0.346. The fourth-order valence-electron chi connectivity index (χ4n) is 4.46. The van der Waals surface area contributed by atoms with Crippen molar-refractivity contribution in [1.29, 1.82) is 0 Å². The first-order valence-electron chi connectivity index (χ1n) is 10.7. The van der Waals surface area contributed by atoms with Crippen LogP contribution in [-0.4, -0.2) is 22.5 Å². The molecule has 4 heteroatoms. The van der Waals surface area contributed by atoms with Crippen LogP contribution in [0, 0.1) is 0 Å². The Balaban J connectivity index is 1.58. The van der Waals surface area contributed by atoms with Gasteiger partial charge in [0.1, 0.15) is 0 Å². The lowest BCUT2D eigenvalue weighted by Crippen LogP contribution is -2.42. The Labute approximate surface area is 178 Å². The molecule has 30 heavy (non-hydrogen) atoms. The van der Waals surface area contributed by atoms with E-state index in [0.717, 1.165) is 72.5 Å². The smallest absolute Gasteiger partial charge is 0.314 e. The third kappa shape index (κ3) is 3.87. The Morgan fingerprint density at radius 1 is 0.867 bits per heavy atom. The zero-order valence-electron chi connectivity index (χ0n) is 17.7. The van der Waals surface area contributed by atoms with Crippen LogP contribution in [0.2, 0.25) is 0 Å². The van der Waals surface area contributed by atoms with Crippen LogP contribution in [0.4, 0.5) is 5.69 Å². The zero-order chi connectivity index (χ0) is 21.1. The molecule has 2 aliphatic rings. The van der Waals surface area contributed by atoms with Gasteiger partial charge in [-0.2, -0.15) is 0 Å². The molecule has 4 nitrogen and oxygen atoms in total. The molecule has 0 unspecified atom stereocenters. The van der Waals surface area contributed by atoms with Gasteiger partial charge in [-0.3, -0.25) is 14.8 Å². The summed E-state index contributed by atoms with van der Waals surface area (Å²) in [6.07, 6.45) is 5.50. The van der Waals surface area contributed by atoms with Crippen molar-refractivity contribution in [3.05, 3.63) is 77.0 Å². The summed E-state index contributed by atoms with van der Waals surface area (Å²) < 4.78 is 0. The summed E-state index contributed by atoms with van der Waals surface area (Å²) >= 11 is 0. The molecule has 2 aromatic rings. The zero-order valence-corrected chi connectivity index (χ0v) is 17.7. The van der Waals surface area contributed by atoms with E-state index in [1.807, 2.05) is 49.4 Å². The number of carboxylic acids is 1. The number of carbonyl (C=O) groups is 1. The van der Waals surface area contributed by atoms with Crippen LogP contribution in [-0.2, 0) is 10.2 Å². The van der Waals surface area contributed by atoms with Crippen LogP contribution < -0.4 is 0 Å². The number of hydrogen-bond acceptors (Lipinski definition) is 3. The highest BCUT2D eigenvalue weighted by atomic mass is 16.4. The minimum atomic E-state index is -0.714. The van der Waals surface area contributed by atoms with Crippen LogP contribution in [0.1, 0.15) is 63.5 Å². The molecule has 0 amide bonds. The normalized spacial score (nSPS) is 19.0. The van der Waals surface area contributed by atoms with Crippen molar-refractivity contribution in [2.24, 2.45) is 9.98 Å². The Kier molecular flexibility index (Phi) is 5.67. The molecule has 0 aromatic heterocycles. The van der Waals surface area contributed by atoms with Gasteiger partial charge in [-0.1, -0.05) is 48.9 Å². The number of nitrogens with zero attached hydrogens (tertiary/aromatic N) is 2. The van der Waals surface area contributed by atoms with Gasteiger partial charge in [-0.15, -0.1) is 0 Å². The molecule has 1 saturated carbocycles. The Morgan fingerprint density at radius 2 is 1.57 bits per heavy atom. The van der Waals surface area contributed by atoms with Gasteiger partial charge >= 0.3 is 5.97 Å². The largest absolute Gasteiger partial charge is 0.481 e. The maximum absolute atomic E-state index is 11.7. The molecule has 0 aliphatic heterocycles. The second-order valence-corrected chi connectivity index (χ2v) is 8.33. The summed E-state index contributed by atoms with van der Waals surface area (Å²) in [7, 11) is 0. The van der Waals surface area contributed by atoms with Gasteiger partial charge in [-0.25, -0.2) is 0 Å². The molecule has 2 aromatic carbocycles. The molecule has 0 heterocycles. The third-order valence-corrected chi connectivity index (χ3v) is 6.45. The van der Waals surface area contributed by atoms with Crippen molar-refractivity contribution in [3.8, 4) is 0 Å². The number of hydrogen-bond donors (Lipinski definition) is 1. The molecule has 0 atom stereocenters. The molecule has 0 bridgehead atoms. The maximum atomic E-state index is 11.7. The molecule has 154 valence electrons. The molecule has 0 spiro atoms. The summed E-state index contributed by atoms with van der Waals surface area (Å²) in [4.78, 5) is 21.5. The lowest BCUT2D eigenvalue weighted by molar-refractivity contribution is -0.147. The standard InChI is InChI=1S/C26H28N2O2/c1-18(20-8-4-3-5-9-20)28-24-11-6-10-23(24)19(2)27-22-14-12-21(13-15-22)26(25(29)30)16-7-17-26/h3-5,8-9,12-15H,6-7,10-11,16-17H2,1-2H3,(H,29,30). The van der Waals surface area contributed by atoms with E-state index in [0.29, 0.717) is 0 Å². The molecular formula is C26H28N2O2. The average molecular weight is 401 g/mol. The van der Waals surface area contributed by atoms with E-state index >= 15 is 0 Å². The number of carboxylic acid groups (broad SMARTS) is 1. The first-order valence-corrected chi connectivity index (χ1v) is 10.7. The highest BCUT2D eigenvalue weighted by Crippen LogP contribution is 2.44. The minimum Gasteiger partial charge on any atom is -0.481 e. The number of aliphatic imine (C=N–C) groups is 2. The fourth-order valence-corrected chi connectivity index (χ4v) is 4.46. The summed E-state index contributed by atoms with van der Waals surface area (Å²) in [5.74, 6) is -0.714. The van der Waals surface area contributed by atoms with Crippen LogP contribution in [0.25, 0.3) is 0 Å². The minimum absolute atomic E-state index is 0.692. The Hall–Kier alpha value is -3.01. The molecule has 1 N–H and O–H groups in total. The van der Waals surface area contributed by atoms with Gasteiger partial charge in [0.15, 0.2) is 0 Å². The number of aliphatic carboxylic acids is 1. The van der Waals surface area contributed by atoms with Gasteiger partial charge in [0.2, 0.25) is 0 Å². The second kappa shape index (κ2) is 8.39. The quantitative estimate of drug-likeness (QED) is 0.584. The SMILES string of the molecule is CC(=Nc1ccc(C2(C(=O)O)CCC2)cc1)C1=C(N=C(C)c2ccccc2)CCC1. The van der Waals surface area contributed by atoms with E-state index < -0.39 is 11.4 Å². The van der Waals surface area contributed by atoms with Crippen LogP contribution in [0.5, 0.6) is 0 Å². The highest BCUT2D eigenvalue weighted by molar-refractivity contribution is 6.03. The maximum Gasteiger partial charge on any atom is 0.314 e. The van der Waals surface area contributed by atoms with E-state index in [4.69, 9.17) is 9.98 Å². The van der Waals surface area contributed by atoms with Crippen LogP contribution in [0.3, 0.4) is 0 Å². The molecular weight excluding hydrogens is 372 g/mol. The second-order valence-electron chi connectivity index (χ2n) is 8.33. The lowest BCUT2D eigenvalue weighted by atomic mass is 9.64. The summed E-state index contributed by atoms with van der Waals surface area (Å²) in [6.45, 7) is 4.11. The first-order chi connectivity index (χ1) is 14.5. The number of benzene rings is 2. The topological polar surface area (TPSA) is 62.0 Å². The van der Waals surface area contributed by atoms with Crippen molar-refractivity contribution < 1.29 is 9.90 Å². The van der Waals surface area contributed by atoms with Crippen molar-refractivity contribution >= 4 is 23.1 Å². The van der Waals surface area contributed by atoms with Gasteiger partial charge in [-0.05, 0) is 74.8 Å². The number of allylic oxidation sites excluding steroid dienone is 2.